The molecule has 0 N–H and O–H groups in total. The lowest BCUT2D eigenvalue weighted by Gasteiger charge is -2.38. The summed E-state index contributed by atoms with van der Waals surface area (Å²) in [6.07, 6.45) is 3.53. The Bertz CT molecular complexity index is 358. The summed E-state index contributed by atoms with van der Waals surface area (Å²) in [4.78, 5) is 13.3. The summed E-state index contributed by atoms with van der Waals surface area (Å²) in [5, 5.41) is 0. The number of aromatic nitrogens is 2. The Kier molecular flexibility index (Phi) is 3.61. The van der Waals surface area contributed by atoms with E-state index in [4.69, 9.17) is 11.6 Å². The second-order valence-electron chi connectivity index (χ2n) is 4.28. The van der Waals surface area contributed by atoms with Gasteiger partial charge >= 0.3 is 0 Å². The Morgan fingerprint density at radius 2 is 2.25 bits per heavy atom. The molecular formula is C11H17ClN4. The molecule has 5 heteroatoms. The number of nitrogens with zero attached hydrogens (tertiary/aromatic N) is 4. The third kappa shape index (κ3) is 2.44. The minimum Gasteiger partial charge on any atom is -0.352 e. The van der Waals surface area contributed by atoms with Gasteiger partial charge in [-0.15, -0.1) is 11.6 Å². The van der Waals surface area contributed by atoms with Gasteiger partial charge in [-0.3, -0.25) is 4.98 Å². The number of alkyl halides is 1. The van der Waals surface area contributed by atoms with Gasteiger partial charge in [0.25, 0.3) is 0 Å². The fourth-order valence-electron chi connectivity index (χ4n) is 1.87. The number of hydrogen-bond acceptors (Lipinski definition) is 4. The van der Waals surface area contributed by atoms with E-state index in [2.05, 4.69) is 33.7 Å². The van der Waals surface area contributed by atoms with E-state index >= 15 is 0 Å². The van der Waals surface area contributed by atoms with Crippen LogP contribution in [0.25, 0.3) is 0 Å². The maximum Gasteiger partial charge on any atom is 0.147 e. The molecule has 4 nitrogen and oxygen atoms in total. The molecular weight excluding hydrogens is 224 g/mol. The van der Waals surface area contributed by atoms with Crippen molar-refractivity contribution in [2.24, 2.45) is 0 Å². The molecule has 0 radical (unpaired) electrons. The summed E-state index contributed by atoms with van der Waals surface area (Å²) in [6, 6.07) is 0.551. The highest BCUT2D eigenvalue weighted by Crippen LogP contribution is 2.15. The summed E-state index contributed by atoms with van der Waals surface area (Å²) in [5.74, 6) is 1.36. The van der Waals surface area contributed by atoms with Gasteiger partial charge in [0, 0.05) is 31.9 Å². The molecule has 1 aromatic heterocycles. The van der Waals surface area contributed by atoms with E-state index < -0.39 is 0 Å². The van der Waals surface area contributed by atoms with Crippen molar-refractivity contribution >= 4 is 17.4 Å². The van der Waals surface area contributed by atoms with Gasteiger partial charge in [0.05, 0.1) is 17.8 Å². The van der Waals surface area contributed by atoms with Gasteiger partial charge in [-0.1, -0.05) is 0 Å². The molecule has 1 fully saturated rings. The predicted octanol–water partition coefficient (Wildman–Crippen LogP) is 1.36. The quantitative estimate of drug-likeness (QED) is 0.731. The highest BCUT2D eigenvalue weighted by Gasteiger charge is 2.21. The Balaban J connectivity index is 2.12. The van der Waals surface area contributed by atoms with Crippen LogP contribution < -0.4 is 4.90 Å². The number of rotatable bonds is 2. The van der Waals surface area contributed by atoms with Crippen molar-refractivity contribution in [2.75, 3.05) is 31.6 Å². The van der Waals surface area contributed by atoms with Crippen molar-refractivity contribution in [3.63, 3.8) is 0 Å². The van der Waals surface area contributed by atoms with Crippen LogP contribution in [0.3, 0.4) is 0 Å². The normalized spacial score (nSPS) is 22.4. The molecule has 2 heterocycles. The molecule has 1 aliphatic rings. The Labute approximate surface area is 101 Å². The zero-order valence-electron chi connectivity index (χ0n) is 9.73. The number of anilines is 1. The first-order chi connectivity index (χ1) is 7.70. The zero-order chi connectivity index (χ0) is 11.5. The maximum atomic E-state index is 5.76. The van der Waals surface area contributed by atoms with Crippen molar-refractivity contribution in [1.29, 1.82) is 0 Å². The van der Waals surface area contributed by atoms with Crippen LogP contribution in [0.1, 0.15) is 12.6 Å². The largest absolute Gasteiger partial charge is 0.352 e. The molecule has 0 bridgehead atoms. The Morgan fingerprint density at radius 1 is 1.44 bits per heavy atom. The van der Waals surface area contributed by atoms with Crippen molar-refractivity contribution < 1.29 is 0 Å². The van der Waals surface area contributed by atoms with Crippen LogP contribution in [0.4, 0.5) is 5.82 Å². The average Bonchev–Trinajstić information content (AvgIpc) is 2.33. The van der Waals surface area contributed by atoms with Crippen molar-refractivity contribution in [1.82, 2.24) is 14.9 Å². The van der Waals surface area contributed by atoms with Crippen molar-refractivity contribution in [3.8, 4) is 0 Å². The minimum absolute atomic E-state index is 0.421. The topological polar surface area (TPSA) is 32.3 Å². The average molecular weight is 241 g/mol. The summed E-state index contributed by atoms with van der Waals surface area (Å²) < 4.78 is 0. The molecule has 0 saturated carbocycles. The van der Waals surface area contributed by atoms with Crippen LogP contribution in [-0.2, 0) is 5.88 Å². The molecule has 88 valence electrons. The second-order valence-corrected chi connectivity index (χ2v) is 4.55. The van der Waals surface area contributed by atoms with E-state index in [0.29, 0.717) is 11.9 Å². The molecule has 1 aromatic rings. The van der Waals surface area contributed by atoms with Gasteiger partial charge in [0.2, 0.25) is 0 Å². The maximum absolute atomic E-state index is 5.76. The van der Waals surface area contributed by atoms with E-state index in [1.54, 1.807) is 6.20 Å². The lowest BCUT2D eigenvalue weighted by Crippen LogP contribution is -2.50. The minimum atomic E-state index is 0.421. The third-order valence-corrected chi connectivity index (χ3v) is 3.37. The fourth-order valence-corrected chi connectivity index (χ4v) is 2.00. The first kappa shape index (κ1) is 11.6. The van der Waals surface area contributed by atoms with E-state index in [0.717, 1.165) is 31.1 Å². The SMILES string of the molecule is CC1CN(c2cncc(CCl)n2)CCN1C. The lowest BCUT2D eigenvalue weighted by atomic mass is 10.2. The highest BCUT2D eigenvalue weighted by atomic mass is 35.5. The predicted molar refractivity (Wildman–Crippen MR) is 65.9 cm³/mol. The summed E-state index contributed by atoms with van der Waals surface area (Å²) in [6.45, 7) is 5.29. The van der Waals surface area contributed by atoms with Crippen molar-refractivity contribution in [3.05, 3.63) is 18.1 Å². The van der Waals surface area contributed by atoms with E-state index in [1.807, 2.05) is 6.20 Å². The first-order valence-corrected chi connectivity index (χ1v) is 6.06. The van der Waals surface area contributed by atoms with Gasteiger partial charge < -0.3 is 9.80 Å². The number of hydrogen-bond donors (Lipinski definition) is 0. The monoisotopic (exact) mass is 240 g/mol. The van der Waals surface area contributed by atoms with Crippen LogP contribution in [0, 0.1) is 0 Å². The molecule has 1 aliphatic heterocycles. The molecule has 16 heavy (non-hydrogen) atoms. The zero-order valence-corrected chi connectivity index (χ0v) is 10.5. The number of piperazine rings is 1. The van der Waals surface area contributed by atoms with Gasteiger partial charge in [0.15, 0.2) is 0 Å². The summed E-state index contributed by atoms with van der Waals surface area (Å²) >= 11 is 5.76. The standard InChI is InChI=1S/C11H17ClN4/c1-9-8-16(4-3-15(9)2)11-7-13-6-10(5-12)14-11/h6-7,9H,3-5,8H2,1-2H3. The van der Waals surface area contributed by atoms with Crippen LogP contribution in [0.2, 0.25) is 0 Å². The van der Waals surface area contributed by atoms with E-state index in [-0.39, 0.29) is 0 Å². The van der Waals surface area contributed by atoms with Crippen LogP contribution in [-0.4, -0.2) is 47.6 Å². The molecule has 1 saturated heterocycles. The number of likely N-dealkylation sites (N-methyl/N-ethyl adjacent to an activating group) is 1. The van der Waals surface area contributed by atoms with Gasteiger partial charge in [-0.05, 0) is 14.0 Å². The van der Waals surface area contributed by atoms with E-state index in [9.17, 15) is 0 Å². The van der Waals surface area contributed by atoms with Crippen molar-refractivity contribution in [2.45, 2.75) is 18.8 Å². The summed E-state index contributed by atoms with van der Waals surface area (Å²) in [5.41, 5.74) is 0.839. The molecule has 1 unspecified atom stereocenters. The fraction of sp³-hybridized carbons (Fsp3) is 0.636. The van der Waals surface area contributed by atoms with Crippen LogP contribution in [0.15, 0.2) is 12.4 Å². The Morgan fingerprint density at radius 3 is 2.94 bits per heavy atom. The summed E-state index contributed by atoms with van der Waals surface area (Å²) in [7, 11) is 2.16. The molecule has 0 aliphatic carbocycles. The highest BCUT2D eigenvalue weighted by molar-refractivity contribution is 6.16. The second kappa shape index (κ2) is 4.97. The molecule has 0 aromatic carbocycles. The molecule has 1 atom stereocenters. The molecule has 0 spiro atoms. The number of halogens is 1. The molecule has 2 rings (SSSR count). The van der Waals surface area contributed by atoms with Gasteiger partial charge in [-0.25, -0.2) is 4.98 Å². The van der Waals surface area contributed by atoms with Gasteiger partial charge in [0.1, 0.15) is 5.82 Å². The first-order valence-electron chi connectivity index (χ1n) is 5.53. The lowest BCUT2D eigenvalue weighted by molar-refractivity contribution is 0.233. The Hall–Kier alpha value is -0.870. The molecule has 0 amide bonds. The third-order valence-electron chi connectivity index (χ3n) is 3.09. The smallest absolute Gasteiger partial charge is 0.147 e. The van der Waals surface area contributed by atoms with E-state index in [1.165, 1.54) is 0 Å². The van der Waals surface area contributed by atoms with Crippen LogP contribution in [0.5, 0.6) is 0 Å². The van der Waals surface area contributed by atoms with Gasteiger partial charge in [-0.2, -0.15) is 0 Å². The van der Waals surface area contributed by atoms with Crippen LogP contribution >= 0.6 is 11.6 Å².